The summed E-state index contributed by atoms with van der Waals surface area (Å²) < 4.78 is 0. The Hall–Kier alpha value is -2.31. The van der Waals surface area contributed by atoms with Crippen molar-refractivity contribution in [3.63, 3.8) is 0 Å². The van der Waals surface area contributed by atoms with E-state index in [1.165, 1.54) is 0 Å². The third-order valence-electron chi connectivity index (χ3n) is 4.94. The van der Waals surface area contributed by atoms with Gasteiger partial charge in [0, 0.05) is 29.1 Å². The Balaban J connectivity index is 1.53. The molecule has 3 atom stereocenters. The maximum Gasteiger partial charge on any atom is 0.239 e. The predicted octanol–water partition coefficient (Wildman–Crippen LogP) is 1.89. The Labute approximate surface area is 147 Å². The molecule has 2 aromatic rings. The Morgan fingerprint density at radius 3 is 2.84 bits per heavy atom. The number of rotatable bonds is 3. The fraction of sp³-hybridized carbons (Fsp3) is 0.421. The molecule has 1 aliphatic carbocycles. The lowest BCUT2D eigenvalue weighted by atomic mass is 9.92. The van der Waals surface area contributed by atoms with Crippen LogP contribution in [0.4, 0.5) is 0 Å². The number of nitrogens with zero attached hydrogens (tertiary/aromatic N) is 2. The van der Waals surface area contributed by atoms with Gasteiger partial charge >= 0.3 is 0 Å². The van der Waals surface area contributed by atoms with Crippen LogP contribution in [0.25, 0.3) is 11.4 Å². The molecule has 2 aliphatic rings. The number of hydrogen-bond acceptors (Lipinski definition) is 5. The molecule has 2 heterocycles. The van der Waals surface area contributed by atoms with E-state index in [4.69, 9.17) is 4.98 Å². The van der Waals surface area contributed by atoms with Crippen LogP contribution in [0.15, 0.2) is 36.5 Å². The zero-order chi connectivity index (χ0) is 17.2. The van der Waals surface area contributed by atoms with Gasteiger partial charge in [0.15, 0.2) is 5.82 Å². The molecule has 0 spiro atoms. The van der Waals surface area contributed by atoms with Gasteiger partial charge in [-0.25, -0.2) is 15.4 Å². The second-order valence-corrected chi connectivity index (χ2v) is 6.89. The van der Waals surface area contributed by atoms with E-state index in [0.717, 1.165) is 48.3 Å². The van der Waals surface area contributed by atoms with Gasteiger partial charge in [-0.2, -0.15) is 0 Å². The minimum Gasteiger partial charge on any atom is -0.348 e. The summed E-state index contributed by atoms with van der Waals surface area (Å²) in [5.41, 5.74) is 9.28. The zero-order valence-electron chi connectivity index (χ0n) is 14.3. The van der Waals surface area contributed by atoms with Crippen LogP contribution >= 0.6 is 0 Å². The summed E-state index contributed by atoms with van der Waals surface area (Å²) in [6.45, 7) is 2.06. The Bertz CT molecular complexity index is 764. The first-order chi connectivity index (χ1) is 12.2. The predicted molar refractivity (Wildman–Crippen MR) is 95.4 cm³/mol. The molecule has 1 saturated heterocycles. The summed E-state index contributed by atoms with van der Waals surface area (Å²) in [4.78, 5) is 21.8. The van der Waals surface area contributed by atoms with Gasteiger partial charge in [-0.15, -0.1) is 0 Å². The second kappa shape index (κ2) is 6.90. The normalized spacial score (nSPS) is 25.4. The summed E-state index contributed by atoms with van der Waals surface area (Å²) in [6, 6.07) is 10.1. The summed E-state index contributed by atoms with van der Waals surface area (Å²) >= 11 is 0. The topological polar surface area (TPSA) is 78.9 Å². The van der Waals surface area contributed by atoms with Crippen molar-refractivity contribution in [2.45, 2.75) is 50.7 Å². The van der Waals surface area contributed by atoms with E-state index < -0.39 is 0 Å². The largest absolute Gasteiger partial charge is 0.348 e. The van der Waals surface area contributed by atoms with Gasteiger partial charge in [0.05, 0.1) is 6.04 Å². The van der Waals surface area contributed by atoms with Gasteiger partial charge in [-0.3, -0.25) is 10.2 Å². The van der Waals surface area contributed by atoms with E-state index in [0.29, 0.717) is 6.04 Å². The maximum absolute atomic E-state index is 12.5. The minimum absolute atomic E-state index is 0.00113. The highest BCUT2D eigenvalue weighted by Gasteiger charge is 2.30. The van der Waals surface area contributed by atoms with E-state index in [-0.39, 0.29) is 18.0 Å². The maximum atomic E-state index is 12.5. The van der Waals surface area contributed by atoms with Crippen molar-refractivity contribution in [2.24, 2.45) is 0 Å². The van der Waals surface area contributed by atoms with E-state index in [1.807, 2.05) is 36.5 Å². The molecule has 1 aromatic heterocycles. The highest BCUT2D eigenvalue weighted by atomic mass is 16.2. The molecule has 3 N–H and O–H groups in total. The third kappa shape index (κ3) is 3.41. The van der Waals surface area contributed by atoms with Gasteiger partial charge in [0.25, 0.3) is 0 Å². The van der Waals surface area contributed by atoms with Crippen molar-refractivity contribution in [1.82, 2.24) is 26.1 Å². The van der Waals surface area contributed by atoms with Gasteiger partial charge in [-0.1, -0.05) is 30.3 Å². The number of benzene rings is 1. The van der Waals surface area contributed by atoms with Crippen molar-refractivity contribution in [3.8, 4) is 11.4 Å². The molecule has 1 aliphatic heterocycles. The van der Waals surface area contributed by atoms with Gasteiger partial charge in [0.2, 0.25) is 5.91 Å². The number of fused-ring (bicyclic) bond motifs is 1. The van der Waals surface area contributed by atoms with Crippen LogP contribution in [-0.4, -0.2) is 28.0 Å². The molecule has 1 fully saturated rings. The molecule has 1 aromatic carbocycles. The molecule has 6 nitrogen and oxygen atoms in total. The number of amides is 1. The number of aromatic nitrogens is 2. The van der Waals surface area contributed by atoms with E-state index in [9.17, 15) is 4.79 Å². The monoisotopic (exact) mass is 337 g/mol. The van der Waals surface area contributed by atoms with Crippen LogP contribution < -0.4 is 16.2 Å². The van der Waals surface area contributed by atoms with E-state index in [2.05, 4.69) is 28.1 Å². The van der Waals surface area contributed by atoms with Gasteiger partial charge in [0.1, 0.15) is 6.04 Å². The summed E-state index contributed by atoms with van der Waals surface area (Å²) in [5, 5.41) is 3.18. The molecule has 4 rings (SSSR count). The number of hydrazine groups is 1. The standard InChI is InChI=1S/C19H23N5O/c1-12-10-17(24-23-12)19(25)22-16-9-5-8-15-14(16)11-20-18(21-15)13-6-3-2-4-7-13/h2-4,6-7,11-12,16-17,23-24H,5,8-10H2,1H3,(H,22,25). The highest BCUT2D eigenvalue weighted by Crippen LogP contribution is 2.29. The zero-order valence-corrected chi connectivity index (χ0v) is 14.3. The molecular weight excluding hydrogens is 314 g/mol. The average molecular weight is 337 g/mol. The first-order valence-electron chi connectivity index (χ1n) is 8.93. The van der Waals surface area contributed by atoms with Gasteiger partial charge in [-0.05, 0) is 32.6 Å². The Morgan fingerprint density at radius 1 is 1.24 bits per heavy atom. The second-order valence-electron chi connectivity index (χ2n) is 6.89. The number of carbonyl (C=O) groups excluding carboxylic acids is 1. The molecule has 0 radical (unpaired) electrons. The average Bonchev–Trinajstić information content (AvgIpc) is 3.09. The van der Waals surface area contributed by atoms with Crippen LogP contribution in [0.2, 0.25) is 0 Å². The van der Waals surface area contributed by atoms with Crippen molar-refractivity contribution < 1.29 is 4.79 Å². The van der Waals surface area contributed by atoms with Crippen LogP contribution in [-0.2, 0) is 11.2 Å². The number of carbonyl (C=O) groups is 1. The number of nitrogens with one attached hydrogen (secondary N) is 3. The summed E-state index contributed by atoms with van der Waals surface area (Å²) in [5.74, 6) is 0.795. The Morgan fingerprint density at radius 2 is 2.08 bits per heavy atom. The molecule has 3 unspecified atom stereocenters. The molecular formula is C19H23N5O. The SMILES string of the molecule is CC1CC(C(=O)NC2CCCc3nc(-c4ccccc4)ncc32)NN1. The fourth-order valence-electron chi connectivity index (χ4n) is 3.58. The lowest BCUT2D eigenvalue weighted by molar-refractivity contribution is -0.123. The molecule has 0 bridgehead atoms. The first-order valence-corrected chi connectivity index (χ1v) is 8.93. The summed E-state index contributed by atoms with van der Waals surface area (Å²) in [7, 11) is 0. The summed E-state index contributed by atoms with van der Waals surface area (Å²) in [6.07, 6.45) is 5.58. The minimum atomic E-state index is -0.176. The fourth-order valence-corrected chi connectivity index (χ4v) is 3.58. The van der Waals surface area contributed by atoms with E-state index >= 15 is 0 Å². The quantitative estimate of drug-likeness (QED) is 0.797. The van der Waals surface area contributed by atoms with Crippen LogP contribution in [0.3, 0.4) is 0 Å². The molecule has 0 saturated carbocycles. The highest BCUT2D eigenvalue weighted by molar-refractivity contribution is 5.82. The van der Waals surface area contributed by atoms with Crippen LogP contribution in [0, 0.1) is 0 Å². The van der Waals surface area contributed by atoms with Crippen LogP contribution in [0.1, 0.15) is 43.5 Å². The van der Waals surface area contributed by atoms with E-state index in [1.54, 1.807) is 0 Å². The number of hydrogen-bond donors (Lipinski definition) is 3. The van der Waals surface area contributed by atoms with Gasteiger partial charge < -0.3 is 5.32 Å². The molecule has 1 amide bonds. The lowest BCUT2D eigenvalue weighted by Gasteiger charge is -2.26. The lowest BCUT2D eigenvalue weighted by Crippen LogP contribution is -2.45. The number of aryl methyl sites for hydroxylation is 1. The third-order valence-corrected chi connectivity index (χ3v) is 4.94. The molecule has 25 heavy (non-hydrogen) atoms. The van der Waals surface area contributed by atoms with Crippen LogP contribution in [0.5, 0.6) is 0 Å². The smallest absolute Gasteiger partial charge is 0.239 e. The first kappa shape index (κ1) is 16.2. The van der Waals surface area contributed by atoms with Crippen molar-refractivity contribution in [2.75, 3.05) is 0 Å². The molecule has 6 heteroatoms. The van der Waals surface area contributed by atoms with Crippen molar-refractivity contribution in [3.05, 3.63) is 47.8 Å². The van der Waals surface area contributed by atoms with Crippen molar-refractivity contribution >= 4 is 5.91 Å². The van der Waals surface area contributed by atoms with Crippen molar-refractivity contribution in [1.29, 1.82) is 0 Å². The Kier molecular flexibility index (Phi) is 4.46. The molecule has 130 valence electrons.